The Hall–Kier alpha value is -3.90. The van der Waals surface area contributed by atoms with Gasteiger partial charge >= 0.3 is 0 Å². The van der Waals surface area contributed by atoms with Gasteiger partial charge in [-0.3, -0.25) is 9.36 Å². The number of nitriles is 1. The number of aliphatic hydroxyl groups is 1. The molecule has 4 aromatic rings. The third-order valence-electron chi connectivity index (χ3n) is 4.20. The van der Waals surface area contributed by atoms with Crippen molar-refractivity contribution < 1.29 is 5.11 Å². The molecule has 4 rings (SSSR count). The van der Waals surface area contributed by atoms with E-state index in [-0.39, 0.29) is 16.9 Å². The molecule has 9 heteroatoms. The highest BCUT2D eigenvalue weighted by Crippen LogP contribution is 2.22. The Morgan fingerprint density at radius 2 is 2.00 bits per heavy atom. The van der Waals surface area contributed by atoms with Crippen LogP contribution in [0.4, 0.5) is 0 Å². The molecule has 0 atom stereocenters. The van der Waals surface area contributed by atoms with Crippen LogP contribution in [0.15, 0.2) is 53.8 Å². The molecule has 0 aliphatic rings. The van der Waals surface area contributed by atoms with E-state index in [1.54, 1.807) is 44.4 Å². The maximum Gasteiger partial charge on any atom is 0.256 e. The van der Waals surface area contributed by atoms with Crippen LogP contribution in [0.25, 0.3) is 22.9 Å². The second-order valence-electron chi connectivity index (χ2n) is 6.67. The van der Waals surface area contributed by atoms with Crippen molar-refractivity contribution in [2.24, 2.45) is 0 Å². The molecule has 0 saturated carbocycles. The maximum absolute atomic E-state index is 12.4. The van der Waals surface area contributed by atoms with E-state index in [0.29, 0.717) is 22.7 Å². The highest BCUT2D eigenvalue weighted by molar-refractivity contribution is 5.61. The summed E-state index contributed by atoms with van der Waals surface area (Å²) in [7, 11) is 0. The summed E-state index contributed by atoms with van der Waals surface area (Å²) in [6.07, 6.45) is 6.16. The lowest BCUT2D eigenvalue weighted by Crippen LogP contribution is -2.19. The van der Waals surface area contributed by atoms with E-state index in [0.717, 1.165) is 0 Å². The summed E-state index contributed by atoms with van der Waals surface area (Å²) in [6.45, 7) is 3.24. The molecule has 0 unspecified atom stereocenters. The van der Waals surface area contributed by atoms with Crippen LogP contribution in [0.1, 0.15) is 25.1 Å². The van der Waals surface area contributed by atoms with Gasteiger partial charge < -0.3 is 5.11 Å². The van der Waals surface area contributed by atoms with Crippen LogP contribution in [0.5, 0.6) is 0 Å². The Bertz CT molecular complexity index is 1290. The summed E-state index contributed by atoms with van der Waals surface area (Å²) >= 11 is 0. The van der Waals surface area contributed by atoms with Crippen LogP contribution in [-0.4, -0.2) is 34.2 Å². The first-order chi connectivity index (χ1) is 13.4. The van der Waals surface area contributed by atoms with Gasteiger partial charge in [0.05, 0.1) is 29.3 Å². The lowest BCUT2D eigenvalue weighted by molar-refractivity contribution is 0.0734. The maximum atomic E-state index is 12.4. The van der Waals surface area contributed by atoms with Gasteiger partial charge in [0, 0.05) is 24.0 Å². The summed E-state index contributed by atoms with van der Waals surface area (Å²) in [5.41, 5.74) is 0.479. The molecule has 0 aliphatic carbocycles. The monoisotopic (exact) mass is 373 g/mol. The quantitative estimate of drug-likeness (QED) is 0.576. The number of aromatic nitrogens is 6. The molecule has 0 aromatic carbocycles. The van der Waals surface area contributed by atoms with Crippen LogP contribution >= 0.6 is 0 Å². The summed E-state index contributed by atoms with van der Waals surface area (Å²) < 4.78 is 2.83. The molecule has 4 aromatic heterocycles. The lowest BCUT2D eigenvalue weighted by Gasteiger charge is -2.15. The molecule has 0 radical (unpaired) electrons. The van der Waals surface area contributed by atoms with Crippen molar-refractivity contribution in [2.75, 3.05) is 0 Å². The molecule has 1 N–H and O–H groups in total. The van der Waals surface area contributed by atoms with Crippen molar-refractivity contribution in [1.82, 2.24) is 29.1 Å². The van der Waals surface area contributed by atoms with Gasteiger partial charge in [0.15, 0.2) is 5.82 Å². The molecule has 0 fully saturated rings. The van der Waals surface area contributed by atoms with Crippen molar-refractivity contribution in [3.63, 3.8) is 0 Å². The molecule has 4 heterocycles. The molecular weight excluding hydrogens is 358 g/mol. The number of rotatable bonds is 3. The molecule has 9 nitrogen and oxygen atoms in total. The first-order valence-corrected chi connectivity index (χ1v) is 8.41. The van der Waals surface area contributed by atoms with Crippen LogP contribution in [0.2, 0.25) is 0 Å². The topological polar surface area (TPSA) is 122 Å². The zero-order valence-corrected chi connectivity index (χ0v) is 15.1. The van der Waals surface area contributed by atoms with Crippen molar-refractivity contribution in [1.29, 1.82) is 5.26 Å². The number of pyridine rings is 2. The van der Waals surface area contributed by atoms with Crippen LogP contribution in [0, 0.1) is 11.3 Å². The predicted octanol–water partition coefficient (Wildman–Crippen LogP) is 1.44. The number of imidazole rings is 1. The van der Waals surface area contributed by atoms with Crippen molar-refractivity contribution >= 4 is 5.78 Å². The van der Waals surface area contributed by atoms with Crippen molar-refractivity contribution in [3.05, 3.63) is 70.7 Å². The summed E-state index contributed by atoms with van der Waals surface area (Å²) in [5.74, 6) is 0.573. The molecule has 0 saturated heterocycles. The zero-order valence-electron chi connectivity index (χ0n) is 15.1. The Balaban J connectivity index is 1.87. The average molecular weight is 373 g/mol. The number of fused-ring (bicyclic) bond motifs is 1. The molecule has 0 bridgehead atoms. The lowest BCUT2D eigenvalue weighted by atomic mass is 10.1. The standard InChI is InChI=1S/C19H15N7O2/c1-19(2,28)15-10-23-26-14(9-22-18(26)24-15)13-5-6-16(27)25(11-13)17-12(8-20)4-3-7-21-17/h3-7,9-11,28H,1-2H3. The number of nitrogens with zero attached hydrogens (tertiary/aromatic N) is 7. The predicted molar refractivity (Wildman–Crippen MR) is 99.6 cm³/mol. The van der Waals surface area contributed by atoms with E-state index >= 15 is 0 Å². The van der Waals surface area contributed by atoms with Crippen LogP contribution in [0.3, 0.4) is 0 Å². The smallest absolute Gasteiger partial charge is 0.256 e. The van der Waals surface area contributed by atoms with Gasteiger partial charge in [-0.2, -0.15) is 14.9 Å². The highest BCUT2D eigenvalue weighted by atomic mass is 16.3. The molecule has 0 spiro atoms. The molecular formula is C19H15N7O2. The fourth-order valence-electron chi connectivity index (χ4n) is 2.75. The zero-order chi connectivity index (χ0) is 19.9. The number of hydrogen-bond acceptors (Lipinski definition) is 7. The van der Waals surface area contributed by atoms with E-state index in [1.807, 2.05) is 6.07 Å². The van der Waals surface area contributed by atoms with E-state index < -0.39 is 5.60 Å². The van der Waals surface area contributed by atoms with E-state index in [4.69, 9.17) is 0 Å². The van der Waals surface area contributed by atoms with Gasteiger partial charge in [0.25, 0.3) is 11.3 Å². The summed E-state index contributed by atoms with van der Waals surface area (Å²) in [5, 5.41) is 23.7. The van der Waals surface area contributed by atoms with Gasteiger partial charge in [-0.05, 0) is 32.0 Å². The second-order valence-corrected chi connectivity index (χ2v) is 6.67. The number of hydrogen-bond donors (Lipinski definition) is 1. The molecule has 28 heavy (non-hydrogen) atoms. The Kier molecular flexibility index (Phi) is 3.98. The first-order valence-electron chi connectivity index (χ1n) is 8.41. The molecule has 138 valence electrons. The Morgan fingerprint density at radius 3 is 2.75 bits per heavy atom. The van der Waals surface area contributed by atoms with Gasteiger partial charge in [0.1, 0.15) is 11.7 Å². The van der Waals surface area contributed by atoms with Gasteiger partial charge in [-0.25, -0.2) is 15.0 Å². The Labute approximate surface area is 159 Å². The SMILES string of the molecule is CC(C)(O)c1cnn2c(-c3ccc(=O)n(-c4ncccc4C#N)c3)cnc2n1. The van der Waals surface area contributed by atoms with Gasteiger partial charge in [0.2, 0.25) is 0 Å². The summed E-state index contributed by atoms with van der Waals surface area (Å²) in [4.78, 5) is 25.1. The van der Waals surface area contributed by atoms with Crippen LogP contribution in [-0.2, 0) is 5.60 Å². The minimum atomic E-state index is -1.14. The highest BCUT2D eigenvalue weighted by Gasteiger charge is 2.20. The normalized spacial score (nSPS) is 11.5. The van der Waals surface area contributed by atoms with Crippen LogP contribution < -0.4 is 5.56 Å². The van der Waals surface area contributed by atoms with E-state index in [2.05, 4.69) is 20.1 Å². The summed E-state index contributed by atoms with van der Waals surface area (Å²) in [6, 6.07) is 8.31. The van der Waals surface area contributed by atoms with E-state index in [1.165, 1.54) is 27.5 Å². The minimum Gasteiger partial charge on any atom is -0.384 e. The van der Waals surface area contributed by atoms with Gasteiger partial charge in [-0.1, -0.05) is 0 Å². The minimum absolute atomic E-state index is 0.251. The first kappa shape index (κ1) is 17.5. The molecule has 0 aliphatic heterocycles. The third kappa shape index (κ3) is 2.91. The Morgan fingerprint density at radius 1 is 1.18 bits per heavy atom. The van der Waals surface area contributed by atoms with Crippen molar-refractivity contribution in [2.45, 2.75) is 19.4 Å². The van der Waals surface area contributed by atoms with E-state index in [9.17, 15) is 15.2 Å². The fraction of sp³-hybridized carbons (Fsp3) is 0.158. The molecule has 0 amide bonds. The van der Waals surface area contributed by atoms with Gasteiger partial charge in [-0.15, -0.1) is 0 Å². The second kappa shape index (κ2) is 6.37. The largest absolute Gasteiger partial charge is 0.384 e. The average Bonchev–Trinajstić information content (AvgIpc) is 3.11. The van der Waals surface area contributed by atoms with Crippen molar-refractivity contribution in [3.8, 4) is 23.1 Å². The fourth-order valence-corrected chi connectivity index (χ4v) is 2.75. The third-order valence-corrected chi connectivity index (χ3v) is 4.20.